The number of hydrogen-bond acceptors (Lipinski definition) is 3. The van der Waals surface area contributed by atoms with Crippen LogP contribution >= 0.6 is 0 Å². The molecule has 4 heteroatoms. The summed E-state index contributed by atoms with van der Waals surface area (Å²) >= 11 is 0. The Balaban J connectivity index is 2.53. The number of carbonyl (C=O) groups is 2. The minimum Gasteiger partial charge on any atom is -0.468 e. The maximum atomic E-state index is 12.2. The summed E-state index contributed by atoms with van der Waals surface area (Å²) < 4.78 is 4.83. The van der Waals surface area contributed by atoms with Crippen molar-refractivity contribution in [1.29, 1.82) is 0 Å². The van der Waals surface area contributed by atoms with Crippen LogP contribution in [0.25, 0.3) is 0 Å². The smallest absolute Gasteiger partial charge is 0.322 e. The minimum absolute atomic E-state index is 0.274. The lowest BCUT2D eigenvalue weighted by atomic mass is 9.65. The van der Waals surface area contributed by atoms with Crippen LogP contribution in [0.15, 0.2) is 42.5 Å². The average Bonchev–Trinajstić information content (AvgIpc) is 2.47. The molecule has 1 amide bonds. The first-order chi connectivity index (χ1) is 9.13. The van der Waals surface area contributed by atoms with Gasteiger partial charge in [0.1, 0.15) is 0 Å². The zero-order chi connectivity index (χ0) is 13.9. The number of rotatable bonds is 3. The molecule has 1 aliphatic rings. The van der Waals surface area contributed by atoms with Crippen molar-refractivity contribution in [2.45, 2.75) is 18.8 Å². The maximum Gasteiger partial charge on any atom is 0.322 e. The monoisotopic (exact) mass is 259 g/mol. The van der Waals surface area contributed by atoms with Crippen molar-refractivity contribution in [3.63, 3.8) is 0 Å². The van der Waals surface area contributed by atoms with Gasteiger partial charge in [-0.3, -0.25) is 9.59 Å². The summed E-state index contributed by atoms with van der Waals surface area (Å²) in [5, 5.41) is 0. The predicted octanol–water partition coefficient (Wildman–Crippen LogP) is 1.76. The van der Waals surface area contributed by atoms with Gasteiger partial charge in [-0.2, -0.15) is 0 Å². The Hall–Kier alpha value is -2.10. The van der Waals surface area contributed by atoms with Gasteiger partial charge in [-0.1, -0.05) is 42.5 Å². The minimum atomic E-state index is -1.30. The SMILES string of the molecule is COC(=O)[C@]1(C(N)=O)CC=CC[C@H]1c1ccccc1. The zero-order valence-electron chi connectivity index (χ0n) is 10.8. The summed E-state index contributed by atoms with van der Waals surface area (Å²) in [5.41, 5.74) is 5.16. The molecule has 1 aliphatic carbocycles. The zero-order valence-corrected chi connectivity index (χ0v) is 10.8. The van der Waals surface area contributed by atoms with E-state index in [0.717, 1.165) is 5.56 Å². The van der Waals surface area contributed by atoms with Crippen molar-refractivity contribution < 1.29 is 14.3 Å². The fraction of sp³-hybridized carbons (Fsp3) is 0.333. The van der Waals surface area contributed by atoms with Crippen molar-refractivity contribution in [3.05, 3.63) is 48.0 Å². The summed E-state index contributed by atoms with van der Waals surface area (Å²) in [6.45, 7) is 0. The third-order valence-electron chi connectivity index (χ3n) is 3.76. The van der Waals surface area contributed by atoms with Crippen LogP contribution in [-0.4, -0.2) is 19.0 Å². The Morgan fingerprint density at radius 2 is 1.95 bits per heavy atom. The second-order valence-corrected chi connectivity index (χ2v) is 4.70. The molecule has 0 aromatic heterocycles. The van der Waals surface area contributed by atoms with Gasteiger partial charge in [-0.25, -0.2) is 0 Å². The van der Waals surface area contributed by atoms with Gasteiger partial charge in [0.15, 0.2) is 5.41 Å². The molecule has 2 rings (SSSR count). The molecule has 4 nitrogen and oxygen atoms in total. The first-order valence-electron chi connectivity index (χ1n) is 6.21. The van der Waals surface area contributed by atoms with Crippen molar-refractivity contribution in [2.75, 3.05) is 7.11 Å². The number of methoxy groups -OCH3 is 1. The van der Waals surface area contributed by atoms with E-state index in [-0.39, 0.29) is 12.3 Å². The second kappa shape index (κ2) is 5.26. The maximum absolute atomic E-state index is 12.2. The van der Waals surface area contributed by atoms with Crippen LogP contribution in [0.4, 0.5) is 0 Å². The lowest BCUT2D eigenvalue weighted by molar-refractivity contribution is -0.159. The molecule has 0 fully saturated rings. The summed E-state index contributed by atoms with van der Waals surface area (Å²) in [6, 6.07) is 9.48. The van der Waals surface area contributed by atoms with Gasteiger partial charge in [0.25, 0.3) is 0 Å². The molecule has 0 heterocycles. The quantitative estimate of drug-likeness (QED) is 0.511. The first-order valence-corrected chi connectivity index (χ1v) is 6.21. The Labute approximate surface area is 112 Å². The number of benzene rings is 1. The average molecular weight is 259 g/mol. The highest BCUT2D eigenvalue weighted by Gasteiger charge is 2.52. The molecule has 0 unspecified atom stereocenters. The molecule has 1 aromatic rings. The van der Waals surface area contributed by atoms with Crippen LogP contribution in [-0.2, 0) is 14.3 Å². The number of carbonyl (C=O) groups excluding carboxylic acids is 2. The lowest BCUT2D eigenvalue weighted by Crippen LogP contribution is -2.49. The van der Waals surface area contributed by atoms with E-state index in [1.54, 1.807) is 0 Å². The third kappa shape index (κ3) is 2.14. The fourth-order valence-electron chi connectivity index (χ4n) is 2.73. The van der Waals surface area contributed by atoms with E-state index >= 15 is 0 Å². The van der Waals surface area contributed by atoms with Gasteiger partial charge >= 0.3 is 5.97 Å². The molecule has 100 valence electrons. The summed E-state index contributed by atoms with van der Waals surface area (Å²) in [6.07, 6.45) is 4.68. The van der Waals surface area contributed by atoms with E-state index in [4.69, 9.17) is 10.5 Å². The van der Waals surface area contributed by atoms with Crippen molar-refractivity contribution in [2.24, 2.45) is 11.1 Å². The van der Waals surface area contributed by atoms with Crippen molar-refractivity contribution >= 4 is 11.9 Å². The van der Waals surface area contributed by atoms with Gasteiger partial charge in [-0.05, 0) is 18.4 Å². The first kappa shape index (κ1) is 13.3. The number of nitrogens with two attached hydrogens (primary N) is 1. The lowest BCUT2D eigenvalue weighted by Gasteiger charge is -2.37. The molecule has 0 bridgehead atoms. The number of ether oxygens (including phenoxy) is 1. The van der Waals surface area contributed by atoms with Crippen LogP contribution in [0.5, 0.6) is 0 Å². The second-order valence-electron chi connectivity index (χ2n) is 4.70. The van der Waals surface area contributed by atoms with Crippen LogP contribution in [0.2, 0.25) is 0 Å². The molecule has 2 atom stereocenters. The molecule has 0 saturated carbocycles. The molecule has 0 aliphatic heterocycles. The standard InChI is InChI=1S/C15H17NO3/c1-19-14(18)15(13(16)17)10-6-5-9-12(15)11-7-3-2-4-8-11/h2-8,12H,9-10H2,1H3,(H2,16,17)/t12-,15+/m0/s1. The molecular formula is C15H17NO3. The van der Waals surface area contributed by atoms with Gasteiger partial charge in [0, 0.05) is 5.92 Å². The fourth-order valence-corrected chi connectivity index (χ4v) is 2.73. The molecule has 0 saturated heterocycles. The molecule has 0 radical (unpaired) electrons. The largest absolute Gasteiger partial charge is 0.468 e. The third-order valence-corrected chi connectivity index (χ3v) is 3.76. The van der Waals surface area contributed by atoms with E-state index in [0.29, 0.717) is 6.42 Å². The number of amides is 1. The van der Waals surface area contributed by atoms with E-state index in [9.17, 15) is 9.59 Å². The summed E-state index contributed by atoms with van der Waals surface area (Å²) in [5.74, 6) is -1.46. The topological polar surface area (TPSA) is 69.4 Å². The number of primary amides is 1. The highest BCUT2D eigenvalue weighted by atomic mass is 16.5. The van der Waals surface area contributed by atoms with Gasteiger partial charge < -0.3 is 10.5 Å². The molecule has 1 aromatic carbocycles. The Bertz CT molecular complexity index is 509. The van der Waals surface area contributed by atoms with E-state index in [2.05, 4.69) is 0 Å². The van der Waals surface area contributed by atoms with Crippen LogP contribution in [0.1, 0.15) is 24.3 Å². The van der Waals surface area contributed by atoms with Gasteiger partial charge in [0.05, 0.1) is 7.11 Å². The molecule has 0 spiro atoms. The van der Waals surface area contributed by atoms with Gasteiger partial charge in [-0.15, -0.1) is 0 Å². The summed E-state index contributed by atoms with van der Waals surface area (Å²) in [7, 11) is 1.29. The number of hydrogen-bond donors (Lipinski definition) is 1. The van der Waals surface area contributed by atoms with E-state index in [1.165, 1.54) is 7.11 Å². The molecule has 19 heavy (non-hydrogen) atoms. The Morgan fingerprint density at radius 1 is 1.26 bits per heavy atom. The Morgan fingerprint density at radius 3 is 2.53 bits per heavy atom. The number of esters is 1. The van der Waals surface area contributed by atoms with E-state index < -0.39 is 17.3 Å². The highest BCUT2D eigenvalue weighted by Crippen LogP contribution is 2.45. The van der Waals surface area contributed by atoms with Crippen LogP contribution < -0.4 is 5.73 Å². The number of allylic oxidation sites excluding steroid dienone is 2. The van der Waals surface area contributed by atoms with Crippen LogP contribution in [0.3, 0.4) is 0 Å². The van der Waals surface area contributed by atoms with Crippen molar-refractivity contribution in [1.82, 2.24) is 0 Å². The Kier molecular flexibility index (Phi) is 3.69. The van der Waals surface area contributed by atoms with Gasteiger partial charge in [0.2, 0.25) is 5.91 Å². The summed E-state index contributed by atoms with van der Waals surface area (Å²) in [4.78, 5) is 24.1. The molecular weight excluding hydrogens is 242 g/mol. The van der Waals surface area contributed by atoms with Crippen molar-refractivity contribution in [3.8, 4) is 0 Å². The molecule has 2 N–H and O–H groups in total. The van der Waals surface area contributed by atoms with Crippen LogP contribution in [0, 0.1) is 5.41 Å². The van der Waals surface area contributed by atoms with E-state index in [1.807, 2.05) is 42.5 Å². The predicted molar refractivity (Wildman–Crippen MR) is 71.2 cm³/mol. The normalized spacial score (nSPS) is 25.8. The highest BCUT2D eigenvalue weighted by molar-refractivity contribution is 6.03.